The van der Waals surface area contributed by atoms with Gasteiger partial charge in [-0.15, -0.1) is 11.3 Å². The Bertz CT molecular complexity index is 546. The first-order valence-electron chi connectivity index (χ1n) is 5.62. The number of hydrogen-bond donors (Lipinski definition) is 2. The summed E-state index contributed by atoms with van der Waals surface area (Å²) in [6.45, 7) is 4.12. The molecule has 0 spiro atoms. The van der Waals surface area contributed by atoms with E-state index in [2.05, 4.69) is 24.1 Å². The van der Waals surface area contributed by atoms with E-state index in [1.807, 2.05) is 5.38 Å². The van der Waals surface area contributed by atoms with Crippen LogP contribution in [0.25, 0.3) is 11.3 Å². The van der Waals surface area contributed by atoms with Crippen LogP contribution in [0.4, 0.5) is 5.13 Å². The summed E-state index contributed by atoms with van der Waals surface area (Å²) in [6.07, 6.45) is 0. The van der Waals surface area contributed by atoms with Gasteiger partial charge in [-0.2, -0.15) is 0 Å². The number of anilines is 1. The fourth-order valence-electron chi connectivity index (χ4n) is 1.50. The molecule has 2 aromatic rings. The monoisotopic (exact) mass is 262 g/mol. The number of carboxylic acids is 1. The molecule has 0 atom stereocenters. The second kappa shape index (κ2) is 5.18. The van der Waals surface area contributed by atoms with Crippen LogP contribution >= 0.6 is 11.3 Å². The fraction of sp³-hybridized carbons (Fsp3) is 0.231. The van der Waals surface area contributed by atoms with Gasteiger partial charge in [-0.3, -0.25) is 0 Å². The first kappa shape index (κ1) is 12.6. The van der Waals surface area contributed by atoms with Crippen molar-refractivity contribution in [2.45, 2.75) is 19.9 Å². The largest absolute Gasteiger partial charge is 0.478 e. The van der Waals surface area contributed by atoms with Gasteiger partial charge in [0.15, 0.2) is 5.13 Å². The summed E-state index contributed by atoms with van der Waals surface area (Å²) < 4.78 is 0. The molecule has 0 saturated carbocycles. The summed E-state index contributed by atoms with van der Waals surface area (Å²) in [5.74, 6) is -0.915. The highest BCUT2D eigenvalue weighted by Crippen LogP contribution is 2.25. The second-order valence-corrected chi connectivity index (χ2v) is 5.08. The van der Waals surface area contributed by atoms with Crippen LogP contribution in [0.15, 0.2) is 29.6 Å². The van der Waals surface area contributed by atoms with Crippen molar-refractivity contribution in [1.82, 2.24) is 4.98 Å². The molecule has 0 fully saturated rings. The highest BCUT2D eigenvalue weighted by atomic mass is 32.1. The van der Waals surface area contributed by atoms with E-state index < -0.39 is 5.97 Å². The van der Waals surface area contributed by atoms with Gasteiger partial charge in [0.05, 0.1) is 11.3 Å². The van der Waals surface area contributed by atoms with Crippen molar-refractivity contribution in [3.8, 4) is 11.3 Å². The predicted octanol–water partition coefficient (Wildman–Crippen LogP) is 3.33. The lowest BCUT2D eigenvalue weighted by Gasteiger charge is -2.04. The molecule has 1 aromatic heterocycles. The number of hydrogen-bond acceptors (Lipinski definition) is 4. The molecule has 0 radical (unpaired) electrons. The van der Waals surface area contributed by atoms with Crippen molar-refractivity contribution in [2.24, 2.45) is 0 Å². The highest BCUT2D eigenvalue weighted by Gasteiger charge is 2.07. The third kappa shape index (κ3) is 2.87. The summed E-state index contributed by atoms with van der Waals surface area (Å²) >= 11 is 1.54. The van der Waals surface area contributed by atoms with E-state index >= 15 is 0 Å². The normalized spacial score (nSPS) is 10.6. The van der Waals surface area contributed by atoms with Crippen LogP contribution in [0, 0.1) is 0 Å². The molecular formula is C13H14N2O2S. The second-order valence-electron chi connectivity index (χ2n) is 4.22. The van der Waals surface area contributed by atoms with Crippen LogP contribution in [-0.4, -0.2) is 22.1 Å². The Balaban J connectivity index is 2.20. The van der Waals surface area contributed by atoms with Gasteiger partial charge in [-0.05, 0) is 26.0 Å². The van der Waals surface area contributed by atoms with Crippen molar-refractivity contribution < 1.29 is 9.90 Å². The minimum Gasteiger partial charge on any atom is -0.478 e. The first-order valence-corrected chi connectivity index (χ1v) is 6.50. The number of nitrogens with one attached hydrogen (secondary N) is 1. The summed E-state index contributed by atoms with van der Waals surface area (Å²) in [5.41, 5.74) is 2.07. The third-order valence-electron chi connectivity index (χ3n) is 2.34. The summed E-state index contributed by atoms with van der Waals surface area (Å²) in [6, 6.07) is 7.08. The van der Waals surface area contributed by atoms with Crippen LogP contribution in [0.2, 0.25) is 0 Å². The lowest BCUT2D eigenvalue weighted by molar-refractivity contribution is 0.0697. The summed E-state index contributed by atoms with van der Waals surface area (Å²) in [4.78, 5) is 15.2. The summed E-state index contributed by atoms with van der Waals surface area (Å²) in [5, 5.41) is 14.9. The van der Waals surface area contributed by atoms with Crippen LogP contribution < -0.4 is 5.32 Å². The maximum Gasteiger partial charge on any atom is 0.335 e. The zero-order chi connectivity index (χ0) is 13.1. The van der Waals surface area contributed by atoms with Crippen molar-refractivity contribution in [1.29, 1.82) is 0 Å². The van der Waals surface area contributed by atoms with Crippen molar-refractivity contribution in [2.75, 3.05) is 5.32 Å². The smallest absolute Gasteiger partial charge is 0.335 e. The van der Waals surface area contributed by atoms with Gasteiger partial charge >= 0.3 is 5.97 Å². The van der Waals surface area contributed by atoms with Gasteiger partial charge in [0.25, 0.3) is 0 Å². The van der Waals surface area contributed by atoms with E-state index in [4.69, 9.17) is 5.11 Å². The zero-order valence-corrected chi connectivity index (χ0v) is 11.0. The number of aromatic carboxylic acids is 1. The Hall–Kier alpha value is -1.88. The van der Waals surface area contributed by atoms with Crippen LogP contribution in [0.1, 0.15) is 24.2 Å². The minimum atomic E-state index is -0.915. The van der Waals surface area contributed by atoms with Gasteiger partial charge in [-0.25, -0.2) is 9.78 Å². The van der Waals surface area contributed by atoms with Gasteiger partial charge in [0.2, 0.25) is 0 Å². The number of rotatable bonds is 4. The Morgan fingerprint density at radius 1 is 1.33 bits per heavy atom. The lowest BCUT2D eigenvalue weighted by atomic mass is 10.1. The van der Waals surface area contributed by atoms with Gasteiger partial charge in [0.1, 0.15) is 0 Å². The number of carboxylic acid groups (broad SMARTS) is 1. The predicted molar refractivity (Wildman–Crippen MR) is 73.3 cm³/mol. The molecule has 0 amide bonds. The molecule has 0 aliphatic rings. The molecule has 1 aromatic carbocycles. The zero-order valence-electron chi connectivity index (χ0n) is 10.2. The lowest BCUT2D eigenvalue weighted by Crippen LogP contribution is -2.08. The highest BCUT2D eigenvalue weighted by molar-refractivity contribution is 7.14. The molecule has 0 aliphatic heterocycles. The van der Waals surface area contributed by atoms with Crippen molar-refractivity contribution in [3.05, 3.63) is 35.2 Å². The van der Waals surface area contributed by atoms with Gasteiger partial charge in [0, 0.05) is 17.0 Å². The molecule has 94 valence electrons. The van der Waals surface area contributed by atoms with Crippen LogP contribution in [0.5, 0.6) is 0 Å². The van der Waals surface area contributed by atoms with E-state index in [9.17, 15) is 4.79 Å². The SMILES string of the molecule is CC(C)Nc1nc(-c2ccc(C(=O)O)cc2)cs1. The van der Waals surface area contributed by atoms with E-state index in [0.717, 1.165) is 16.4 Å². The Labute approximate surface area is 109 Å². The standard InChI is InChI=1S/C13H14N2O2S/c1-8(2)14-13-15-11(7-18-13)9-3-5-10(6-4-9)12(16)17/h3-8H,1-2H3,(H,14,15)(H,16,17). The Kier molecular flexibility index (Phi) is 3.62. The molecule has 0 unspecified atom stereocenters. The molecule has 0 saturated heterocycles. The molecule has 2 rings (SSSR count). The van der Waals surface area contributed by atoms with E-state index in [1.54, 1.807) is 35.6 Å². The molecule has 5 heteroatoms. The Morgan fingerprint density at radius 3 is 2.56 bits per heavy atom. The molecule has 0 bridgehead atoms. The number of thiazole rings is 1. The molecule has 1 heterocycles. The van der Waals surface area contributed by atoms with E-state index in [0.29, 0.717) is 6.04 Å². The molecular weight excluding hydrogens is 248 g/mol. The average molecular weight is 262 g/mol. The number of carbonyl (C=O) groups is 1. The van der Waals surface area contributed by atoms with Crippen molar-refractivity contribution >= 4 is 22.4 Å². The quantitative estimate of drug-likeness (QED) is 0.887. The maximum atomic E-state index is 10.8. The molecule has 4 nitrogen and oxygen atoms in total. The van der Waals surface area contributed by atoms with Gasteiger partial charge < -0.3 is 10.4 Å². The van der Waals surface area contributed by atoms with Crippen LogP contribution in [0.3, 0.4) is 0 Å². The molecule has 2 N–H and O–H groups in total. The van der Waals surface area contributed by atoms with Crippen LogP contribution in [-0.2, 0) is 0 Å². The van der Waals surface area contributed by atoms with E-state index in [1.165, 1.54) is 0 Å². The number of nitrogens with zero attached hydrogens (tertiary/aromatic N) is 1. The topological polar surface area (TPSA) is 62.2 Å². The summed E-state index contributed by atoms with van der Waals surface area (Å²) in [7, 11) is 0. The number of aromatic nitrogens is 1. The van der Waals surface area contributed by atoms with Gasteiger partial charge in [-0.1, -0.05) is 12.1 Å². The third-order valence-corrected chi connectivity index (χ3v) is 3.12. The average Bonchev–Trinajstić information content (AvgIpc) is 2.76. The molecule has 18 heavy (non-hydrogen) atoms. The molecule has 0 aliphatic carbocycles. The number of benzene rings is 1. The Morgan fingerprint density at radius 2 is 2.00 bits per heavy atom. The van der Waals surface area contributed by atoms with Crippen molar-refractivity contribution in [3.63, 3.8) is 0 Å². The first-order chi connectivity index (χ1) is 8.56. The van der Waals surface area contributed by atoms with E-state index in [-0.39, 0.29) is 5.56 Å². The minimum absolute atomic E-state index is 0.287. The fourth-order valence-corrected chi connectivity index (χ4v) is 2.37. The maximum absolute atomic E-state index is 10.8.